The molecule has 0 aromatic heterocycles. The van der Waals surface area contributed by atoms with Gasteiger partial charge in [-0.2, -0.15) is 26.3 Å². The second kappa shape index (κ2) is 11.5. The third kappa shape index (κ3) is 7.85. The fourth-order valence-corrected chi connectivity index (χ4v) is 3.85. The number of benzene rings is 2. The summed E-state index contributed by atoms with van der Waals surface area (Å²) in [4.78, 5) is 13.6. The van der Waals surface area contributed by atoms with E-state index in [1.54, 1.807) is 12.1 Å². The number of alkyl halides is 6. The van der Waals surface area contributed by atoms with Gasteiger partial charge in [0, 0.05) is 31.6 Å². The fraction of sp³-hybridized carbons (Fsp3) is 0.458. The lowest BCUT2D eigenvalue weighted by atomic mass is 9.96. The van der Waals surface area contributed by atoms with Crippen molar-refractivity contribution in [1.29, 1.82) is 0 Å². The Morgan fingerprint density at radius 1 is 0.912 bits per heavy atom. The molecule has 2 N–H and O–H groups in total. The van der Waals surface area contributed by atoms with Crippen molar-refractivity contribution in [1.82, 2.24) is 0 Å². The Morgan fingerprint density at radius 2 is 1.44 bits per heavy atom. The predicted octanol–water partition coefficient (Wildman–Crippen LogP) is 6.60. The van der Waals surface area contributed by atoms with E-state index in [-0.39, 0.29) is 24.5 Å². The number of nitrogens with zero attached hydrogens (tertiary/aromatic N) is 1. The number of para-hydroxylation sites is 1. The zero-order valence-corrected chi connectivity index (χ0v) is 19.0. The molecule has 0 saturated heterocycles. The lowest BCUT2D eigenvalue weighted by Gasteiger charge is -2.28. The van der Waals surface area contributed by atoms with Crippen molar-refractivity contribution in [3.63, 3.8) is 0 Å². The Hall–Kier alpha value is -2.91. The van der Waals surface area contributed by atoms with Crippen LogP contribution in [0.15, 0.2) is 42.5 Å². The Balaban J connectivity index is 2.44. The van der Waals surface area contributed by atoms with Crippen molar-refractivity contribution in [2.45, 2.75) is 58.0 Å². The van der Waals surface area contributed by atoms with E-state index in [1.165, 1.54) is 0 Å². The van der Waals surface area contributed by atoms with Gasteiger partial charge in [-0.05, 0) is 48.2 Å². The second-order valence-corrected chi connectivity index (χ2v) is 8.00. The molecule has 0 saturated carbocycles. The van der Waals surface area contributed by atoms with Gasteiger partial charge in [0.1, 0.15) is 6.10 Å². The molecule has 1 atom stereocenters. The minimum atomic E-state index is -4.97. The van der Waals surface area contributed by atoms with Gasteiger partial charge < -0.3 is 15.4 Å². The molecule has 0 heterocycles. The van der Waals surface area contributed by atoms with E-state index in [0.29, 0.717) is 12.1 Å². The minimum Gasteiger partial charge on any atom is -0.446 e. The van der Waals surface area contributed by atoms with Gasteiger partial charge in [-0.25, -0.2) is 4.79 Å². The molecule has 0 spiro atoms. The van der Waals surface area contributed by atoms with Crippen LogP contribution in [-0.4, -0.2) is 25.3 Å². The van der Waals surface area contributed by atoms with Crippen LogP contribution in [0.25, 0.3) is 0 Å². The number of halogens is 6. The molecule has 1 unspecified atom stereocenters. The predicted molar refractivity (Wildman–Crippen MR) is 118 cm³/mol. The van der Waals surface area contributed by atoms with Gasteiger partial charge in [-0.15, -0.1) is 0 Å². The topological polar surface area (TPSA) is 55.6 Å². The fourth-order valence-electron chi connectivity index (χ4n) is 3.85. The van der Waals surface area contributed by atoms with Gasteiger partial charge in [0.25, 0.3) is 0 Å². The number of carbonyl (C=O) groups excluding carboxylic acids is 1. The summed E-state index contributed by atoms with van der Waals surface area (Å²) >= 11 is 0. The molecular weight excluding hydrogens is 462 g/mol. The minimum absolute atomic E-state index is 0.0656. The van der Waals surface area contributed by atoms with Crippen LogP contribution in [0.1, 0.15) is 48.9 Å². The Bertz CT molecular complexity index is 921. The number of amides is 1. The van der Waals surface area contributed by atoms with Crippen LogP contribution in [-0.2, 0) is 29.9 Å². The summed E-state index contributed by atoms with van der Waals surface area (Å²) in [5.74, 6) is 0. The molecule has 0 fully saturated rings. The van der Waals surface area contributed by atoms with Crippen molar-refractivity contribution in [3.8, 4) is 0 Å². The highest BCUT2D eigenvalue weighted by atomic mass is 19.4. The maximum Gasteiger partial charge on any atom is 0.416 e. The largest absolute Gasteiger partial charge is 0.446 e. The zero-order valence-electron chi connectivity index (χ0n) is 19.0. The molecule has 10 heteroatoms. The molecule has 0 aliphatic carbocycles. The molecule has 34 heavy (non-hydrogen) atoms. The van der Waals surface area contributed by atoms with Crippen molar-refractivity contribution in [2.75, 3.05) is 18.0 Å². The number of anilines is 1. The van der Waals surface area contributed by atoms with E-state index >= 15 is 0 Å². The molecule has 2 rings (SSSR count). The molecule has 2 aromatic carbocycles. The summed E-state index contributed by atoms with van der Waals surface area (Å²) in [7, 11) is 0. The molecule has 2 aromatic rings. The number of hydrogen-bond donors (Lipinski definition) is 1. The second-order valence-electron chi connectivity index (χ2n) is 8.00. The summed E-state index contributed by atoms with van der Waals surface area (Å²) in [6.07, 6.45) is -10.7. The Labute approximate surface area is 194 Å². The Kier molecular flexibility index (Phi) is 9.23. The van der Waals surface area contributed by atoms with Gasteiger partial charge in [-0.1, -0.05) is 32.0 Å². The molecule has 0 aliphatic rings. The van der Waals surface area contributed by atoms with Gasteiger partial charge >= 0.3 is 18.4 Å². The number of rotatable bonds is 10. The van der Waals surface area contributed by atoms with Crippen LogP contribution in [0.3, 0.4) is 0 Å². The lowest BCUT2D eigenvalue weighted by molar-refractivity contribution is -0.143. The van der Waals surface area contributed by atoms with E-state index < -0.39 is 35.7 Å². The smallest absolute Gasteiger partial charge is 0.416 e. The SMILES string of the molecule is CCCN(CCC)c1ccccc1CC(Cc1cc(C(F)(F)F)cc(C(F)(F)F)c1)OC(N)=O. The van der Waals surface area contributed by atoms with Gasteiger partial charge in [-0.3, -0.25) is 0 Å². The first kappa shape index (κ1) is 27.3. The number of hydrogen-bond acceptors (Lipinski definition) is 3. The summed E-state index contributed by atoms with van der Waals surface area (Å²) < 4.78 is 84.6. The highest BCUT2D eigenvalue weighted by molar-refractivity contribution is 5.65. The molecule has 4 nitrogen and oxygen atoms in total. The van der Waals surface area contributed by atoms with Gasteiger partial charge in [0.05, 0.1) is 11.1 Å². The van der Waals surface area contributed by atoms with Crippen molar-refractivity contribution in [3.05, 3.63) is 64.7 Å². The van der Waals surface area contributed by atoms with Gasteiger partial charge in [0.2, 0.25) is 0 Å². The third-order valence-electron chi connectivity index (χ3n) is 5.16. The van der Waals surface area contributed by atoms with E-state index in [9.17, 15) is 31.1 Å². The average molecular weight is 490 g/mol. The monoisotopic (exact) mass is 490 g/mol. The van der Waals surface area contributed by atoms with E-state index in [2.05, 4.69) is 4.90 Å². The average Bonchev–Trinajstić information content (AvgIpc) is 2.72. The van der Waals surface area contributed by atoms with Gasteiger partial charge in [0.15, 0.2) is 0 Å². The Morgan fingerprint density at radius 3 is 1.91 bits per heavy atom. The van der Waals surface area contributed by atoms with Crippen molar-refractivity contribution >= 4 is 11.8 Å². The molecule has 0 bridgehead atoms. The van der Waals surface area contributed by atoms with Crippen LogP contribution in [0.5, 0.6) is 0 Å². The van der Waals surface area contributed by atoms with E-state index in [0.717, 1.165) is 37.2 Å². The summed E-state index contributed by atoms with van der Waals surface area (Å²) in [5, 5.41) is 0. The highest BCUT2D eigenvalue weighted by Crippen LogP contribution is 2.37. The molecule has 0 radical (unpaired) electrons. The number of nitrogens with two attached hydrogens (primary N) is 1. The maximum atomic E-state index is 13.2. The standard InChI is InChI=1S/C24H28F6N2O2/c1-3-9-32(10-4-2)21-8-6-5-7-17(21)14-20(34-22(31)33)13-16-11-18(23(25,26)27)15-19(12-16)24(28,29)30/h5-8,11-12,15,20H,3-4,9-10,13-14H2,1-2H3,(H2,31,33). The summed E-state index contributed by atoms with van der Waals surface area (Å²) in [5.41, 5.74) is 3.67. The van der Waals surface area contributed by atoms with Crippen LogP contribution >= 0.6 is 0 Å². The number of primary amides is 1. The van der Waals surface area contributed by atoms with Crippen LogP contribution in [0.2, 0.25) is 0 Å². The number of ether oxygens (including phenoxy) is 1. The summed E-state index contributed by atoms with van der Waals surface area (Å²) in [6, 6.07) is 8.62. The lowest BCUT2D eigenvalue weighted by Crippen LogP contribution is -2.29. The van der Waals surface area contributed by atoms with Crippen molar-refractivity contribution < 1.29 is 35.9 Å². The van der Waals surface area contributed by atoms with E-state index in [4.69, 9.17) is 10.5 Å². The molecule has 188 valence electrons. The first-order chi connectivity index (χ1) is 15.8. The molecular formula is C24H28F6N2O2. The highest BCUT2D eigenvalue weighted by Gasteiger charge is 2.37. The maximum absolute atomic E-state index is 13.2. The normalized spacial score (nSPS) is 12.9. The summed E-state index contributed by atoms with van der Waals surface area (Å²) in [6.45, 7) is 5.57. The van der Waals surface area contributed by atoms with Crippen LogP contribution < -0.4 is 10.6 Å². The zero-order chi connectivity index (χ0) is 25.5. The molecule has 1 amide bonds. The number of carbonyl (C=O) groups is 1. The third-order valence-corrected chi connectivity index (χ3v) is 5.16. The first-order valence-electron chi connectivity index (χ1n) is 10.9. The van der Waals surface area contributed by atoms with Crippen LogP contribution in [0, 0.1) is 0 Å². The van der Waals surface area contributed by atoms with Crippen molar-refractivity contribution in [2.24, 2.45) is 5.73 Å². The van der Waals surface area contributed by atoms with E-state index in [1.807, 2.05) is 26.0 Å². The first-order valence-corrected chi connectivity index (χ1v) is 10.9. The molecule has 0 aliphatic heterocycles. The quantitative estimate of drug-likeness (QED) is 0.382. The van der Waals surface area contributed by atoms with Crippen LogP contribution in [0.4, 0.5) is 36.8 Å².